The van der Waals surface area contributed by atoms with Crippen LogP contribution < -0.4 is 0 Å². The van der Waals surface area contributed by atoms with Gasteiger partial charge in [-0.25, -0.2) is 0 Å². The molecule has 1 aliphatic rings. The molecular weight excluding hydrogens is 460 g/mol. The Morgan fingerprint density at radius 3 is 1.59 bits per heavy atom. The maximum Gasteiger partial charge on any atom is 0.161 e. The molecule has 1 saturated heterocycles. The summed E-state index contributed by atoms with van der Waals surface area (Å²) in [5, 5.41) is 1.47. The SMILES string of the molecule is CCC1O[C@H](OC(C)C)C(CCCCCSC(C)C)C(CCCCCSC(C)C)[C@@H]1OC(C)C. The van der Waals surface area contributed by atoms with Gasteiger partial charge in [-0.15, -0.1) is 0 Å². The second-order valence-electron chi connectivity index (χ2n) is 11.2. The molecule has 0 bridgehead atoms. The molecule has 0 spiro atoms. The van der Waals surface area contributed by atoms with Crippen molar-refractivity contribution >= 4 is 23.5 Å². The number of hydrogen-bond donors (Lipinski definition) is 0. The maximum absolute atomic E-state index is 6.63. The Kier molecular flexibility index (Phi) is 18.0. The first kappa shape index (κ1) is 32.6. The molecule has 1 fully saturated rings. The van der Waals surface area contributed by atoms with Crippen LogP contribution in [0.15, 0.2) is 0 Å². The molecule has 5 heteroatoms. The monoisotopic (exact) mass is 518 g/mol. The molecule has 34 heavy (non-hydrogen) atoms. The number of ether oxygens (including phenoxy) is 3. The van der Waals surface area contributed by atoms with Crippen LogP contribution in [0.5, 0.6) is 0 Å². The third kappa shape index (κ3) is 13.8. The van der Waals surface area contributed by atoms with Crippen LogP contribution in [-0.2, 0) is 14.2 Å². The van der Waals surface area contributed by atoms with Crippen molar-refractivity contribution < 1.29 is 14.2 Å². The average Bonchev–Trinajstić information content (AvgIpc) is 2.74. The van der Waals surface area contributed by atoms with Crippen LogP contribution in [0.2, 0.25) is 0 Å². The lowest BCUT2D eigenvalue weighted by Crippen LogP contribution is -2.54. The Morgan fingerprint density at radius 1 is 0.647 bits per heavy atom. The summed E-state index contributed by atoms with van der Waals surface area (Å²) >= 11 is 4.18. The summed E-state index contributed by atoms with van der Waals surface area (Å²) in [4.78, 5) is 0. The number of hydrogen-bond acceptors (Lipinski definition) is 5. The molecule has 0 amide bonds. The summed E-state index contributed by atoms with van der Waals surface area (Å²) in [6, 6.07) is 0. The van der Waals surface area contributed by atoms with Gasteiger partial charge in [0.2, 0.25) is 0 Å². The fourth-order valence-electron chi connectivity index (χ4n) is 4.99. The molecule has 3 nitrogen and oxygen atoms in total. The molecule has 1 aliphatic heterocycles. The molecule has 5 atom stereocenters. The summed E-state index contributed by atoms with van der Waals surface area (Å²) in [7, 11) is 0. The van der Waals surface area contributed by atoms with E-state index >= 15 is 0 Å². The molecule has 204 valence electrons. The molecule has 0 aromatic heterocycles. The minimum Gasteiger partial charge on any atom is -0.373 e. The van der Waals surface area contributed by atoms with E-state index in [1.165, 1.54) is 62.9 Å². The molecular formula is C29H58O3S2. The molecule has 0 aromatic carbocycles. The molecule has 3 unspecified atom stereocenters. The van der Waals surface area contributed by atoms with Crippen LogP contribution >= 0.6 is 23.5 Å². The summed E-state index contributed by atoms with van der Waals surface area (Å²) in [5.74, 6) is 3.51. The standard InChI is InChI=1S/C29H58O3S2/c1-10-27-28(30-21(2)3)25(17-13-11-15-19-33-23(6)7)26(29(32-27)31-22(4)5)18-14-12-16-20-34-24(8)9/h21-29H,10-20H2,1-9H3/t25?,26?,27?,28-,29-/m0/s1. The summed E-state index contributed by atoms with van der Waals surface area (Å²) in [5.41, 5.74) is 0. The van der Waals surface area contributed by atoms with Crippen molar-refractivity contribution in [2.75, 3.05) is 11.5 Å². The zero-order valence-electron chi connectivity index (χ0n) is 24.0. The lowest BCUT2D eigenvalue weighted by atomic mass is 9.75. The van der Waals surface area contributed by atoms with Crippen molar-refractivity contribution in [3.8, 4) is 0 Å². The molecule has 0 aromatic rings. The highest BCUT2D eigenvalue weighted by molar-refractivity contribution is 8.00. The minimum absolute atomic E-state index is 0.0940. The van der Waals surface area contributed by atoms with Gasteiger partial charge in [0, 0.05) is 5.92 Å². The van der Waals surface area contributed by atoms with Gasteiger partial charge in [-0.2, -0.15) is 23.5 Å². The van der Waals surface area contributed by atoms with E-state index in [2.05, 4.69) is 85.8 Å². The average molecular weight is 519 g/mol. The second-order valence-corrected chi connectivity index (χ2v) is 14.5. The van der Waals surface area contributed by atoms with Gasteiger partial charge in [0.15, 0.2) is 6.29 Å². The Bertz CT molecular complexity index is 484. The van der Waals surface area contributed by atoms with E-state index in [9.17, 15) is 0 Å². The van der Waals surface area contributed by atoms with Gasteiger partial charge in [-0.3, -0.25) is 0 Å². The Labute approximate surface area is 222 Å². The van der Waals surface area contributed by atoms with Gasteiger partial charge in [0.05, 0.1) is 24.4 Å². The van der Waals surface area contributed by atoms with E-state index < -0.39 is 0 Å². The molecule has 1 heterocycles. The molecule has 0 saturated carbocycles. The van der Waals surface area contributed by atoms with Gasteiger partial charge >= 0.3 is 0 Å². The van der Waals surface area contributed by atoms with Crippen molar-refractivity contribution in [1.82, 2.24) is 0 Å². The van der Waals surface area contributed by atoms with Crippen molar-refractivity contribution in [3.05, 3.63) is 0 Å². The molecule has 0 N–H and O–H groups in total. The maximum atomic E-state index is 6.63. The van der Waals surface area contributed by atoms with Crippen LogP contribution in [0.3, 0.4) is 0 Å². The van der Waals surface area contributed by atoms with Gasteiger partial charge in [0.1, 0.15) is 0 Å². The summed E-state index contributed by atoms with van der Waals surface area (Å²) < 4.78 is 19.6. The Hall–Kier alpha value is 0.580. The summed E-state index contributed by atoms with van der Waals surface area (Å²) in [6.45, 7) is 20.0. The fraction of sp³-hybridized carbons (Fsp3) is 1.00. The summed E-state index contributed by atoms with van der Waals surface area (Å²) in [6.07, 6.45) is 11.8. The topological polar surface area (TPSA) is 27.7 Å². The number of thioether (sulfide) groups is 2. The Morgan fingerprint density at radius 2 is 1.15 bits per heavy atom. The molecule has 1 rings (SSSR count). The zero-order valence-corrected chi connectivity index (χ0v) is 25.6. The van der Waals surface area contributed by atoms with Crippen LogP contribution in [0, 0.1) is 11.8 Å². The third-order valence-electron chi connectivity index (χ3n) is 6.50. The number of rotatable bonds is 19. The predicted octanol–water partition coefficient (Wildman–Crippen LogP) is 8.98. The van der Waals surface area contributed by atoms with Gasteiger partial charge < -0.3 is 14.2 Å². The molecule has 0 aliphatic carbocycles. The van der Waals surface area contributed by atoms with Crippen LogP contribution in [0.1, 0.15) is 120 Å². The predicted molar refractivity (Wildman–Crippen MR) is 154 cm³/mol. The van der Waals surface area contributed by atoms with Crippen molar-refractivity contribution in [2.24, 2.45) is 11.8 Å². The second kappa shape index (κ2) is 18.8. The highest BCUT2D eigenvalue weighted by Crippen LogP contribution is 2.41. The van der Waals surface area contributed by atoms with E-state index in [1.54, 1.807) is 0 Å². The quantitative estimate of drug-likeness (QED) is 0.159. The first-order chi connectivity index (χ1) is 16.1. The van der Waals surface area contributed by atoms with E-state index in [4.69, 9.17) is 14.2 Å². The van der Waals surface area contributed by atoms with Gasteiger partial charge in [0.25, 0.3) is 0 Å². The number of unbranched alkanes of at least 4 members (excludes halogenated alkanes) is 4. The fourth-order valence-corrected chi connectivity index (χ4v) is 6.67. The van der Waals surface area contributed by atoms with E-state index in [0.29, 0.717) is 11.8 Å². The van der Waals surface area contributed by atoms with E-state index in [1.807, 2.05) is 0 Å². The van der Waals surface area contributed by atoms with Crippen molar-refractivity contribution in [3.63, 3.8) is 0 Å². The highest BCUT2D eigenvalue weighted by atomic mass is 32.2. The minimum atomic E-state index is -0.0940. The Balaban J connectivity index is 2.86. The third-order valence-corrected chi connectivity index (χ3v) is 8.88. The van der Waals surface area contributed by atoms with Crippen LogP contribution in [0.25, 0.3) is 0 Å². The van der Waals surface area contributed by atoms with E-state index in [0.717, 1.165) is 16.9 Å². The van der Waals surface area contributed by atoms with Crippen LogP contribution in [-0.4, -0.2) is 52.7 Å². The first-order valence-corrected chi connectivity index (χ1v) is 16.4. The zero-order chi connectivity index (χ0) is 25.5. The van der Waals surface area contributed by atoms with Gasteiger partial charge in [-0.1, -0.05) is 60.3 Å². The van der Waals surface area contributed by atoms with Gasteiger partial charge in [-0.05, 0) is 87.7 Å². The lowest BCUT2D eigenvalue weighted by Gasteiger charge is -2.48. The smallest absolute Gasteiger partial charge is 0.161 e. The first-order valence-electron chi connectivity index (χ1n) is 14.3. The van der Waals surface area contributed by atoms with Crippen molar-refractivity contribution in [2.45, 2.75) is 161 Å². The van der Waals surface area contributed by atoms with Crippen molar-refractivity contribution in [1.29, 1.82) is 0 Å². The largest absolute Gasteiger partial charge is 0.373 e. The lowest BCUT2D eigenvalue weighted by molar-refractivity contribution is -0.291. The van der Waals surface area contributed by atoms with E-state index in [-0.39, 0.29) is 30.7 Å². The van der Waals surface area contributed by atoms with Crippen LogP contribution in [0.4, 0.5) is 0 Å². The highest BCUT2D eigenvalue weighted by Gasteiger charge is 2.46. The molecule has 0 radical (unpaired) electrons. The normalized spacial score (nSPS) is 25.9.